The number of phenolic OH excluding ortho intramolecular Hbond substituents is 1. The lowest BCUT2D eigenvalue weighted by atomic mass is 9.90. The van der Waals surface area contributed by atoms with Gasteiger partial charge in [-0.05, 0) is 106 Å². The van der Waals surface area contributed by atoms with E-state index >= 15 is 0 Å². The van der Waals surface area contributed by atoms with Gasteiger partial charge in [0.15, 0.2) is 0 Å². The van der Waals surface area contributed by atoms with Crippen molar-refractivity contribution in [2.45, 2.75) is 0 Å². The Morgan fingerprint density at radius 3 is 1.80 bits per heavy atom. The van der Waals surface area contributed by atoms with Crippen LogP contribution in [0.25, 0.3) is 102 Å². The number of hydrogen-bond donors (Lipinski definition) is 3. The van der Waals surface area contributed by atoms with Crippen LogP contribution in [0.1, 0.15) is 22.8 Å². The highest BCUT2D eigenvalue weighted by Gasteiger charge is 2.20. The number of ether oxygens (including phenoxy) is 1. The van der Waals surface area contributed by atoms with E-state index < -0.39 is 0 Å². The minimum absolute atomic E-state index is 0.176. The summed E-state index contributed by atoms with van der Waals surface area (Å²) >= 11 is 0. The lowest BCUT2D eigenvalue weighted by Gasteiger charge is -2.15. The minimum Gasteiger partial charge on any atom is -0.507 e. The number of benzene rings is 5. The van der Waals surface area contributed by atoms with Crippen LogP contribution < -0.4 is 4.74 Å². The Bertz CT molecular complexity index is 2990. The molecule has 55 heavy (non-hydrogen) atoms. The lowest BCUT2D eigenvalue weighted by Crippen LogP contribution is -1.92. The van der Waals surface area contributed by atoms with Crippen LogP contribution in [0.4, 0.5) is 0 Å². The summed E-state index contributed by atoms with van der Waals surface area (Å²) in [5.41, 5.74) is 14.7. The van der Waals surface area contributed by atoms with E-state index in [0.717, 1.165) is 94.6 Å². The smallest absolute Gasteiger partial charge is 0.123 e. The van der Waals surface area contributed by atoms with Crippen LogP contribution in [0, 0.1) is 0 Å². The molecule has 6 heteroatoms. The van der Waals surface area contributed by atoms with Crippen molar-refractivity contribution in [2.24, 2.45) is 0 Å². The Morgan fingerprint density at radius 2 is 1.09 bits per heavy atom. The van der Waals surface area contributed by atoms with Crippen LogP contribution in [-0.2, 0) is 0 Å². The molecule has 5 heterocycles. The Balaban J connectivity index is 1.38. The fourth-order valence-electron chi connectivity index (χ4n) is 7.87. The molecular weight excluding hydrogens is 677 g/mol. The number of aromatic nitrogens is 4. The Morgan fingerprint density at radius 1 is 0.491 bits per heavy atom. The first kappa shape index (κ1) is 32.2. The van der Waals surface area contributed by atoms with Gasteiger partial charge >= 0.3 is 0 Å². The first-order valence-electron chi connectivity index (χ1n) is 18.2. The van der Waals surface area contributed by atoms with Crippen molar-refractivity contribution < 1.29 is 9.84 Å². The van der Waals surface area contributed by atoms with Crippen LogP contribution in [0.5, 0.6) is 11.5 Å². The van der Waals surface area contributed by atoms with Gasteiger partial charge < -0.3 is 19.8 Å². The van der Waals surface area contributed by atoms with E-state index in [2.05, 4.69) is 143 Å². The molecule has 0 amide bonds. The van der Waals surface area contributed by atoms with E-state index in [-0.39, 0.29) is 5.75 Å². The first-order chi connectivity index (χ1) is 27.1. The maximum Gasteiger partial charge on any atom is 0.123 e. The molecule has 0 unspecified atom stereocenters. The van der Waals surface area contributed by atoms with E-state index in [1.165, 1.54) is 0 Å². The molecule has 5 aromatic carbocycles. The fourth-order valence-corrected chi connectivity index (χ4v) is 7.87. The quantitative estimate of drug-likeness (QED) is 0.166. The third-order valence-electron chi connectivity index (χ3n) is 10.4. The average Bonchev–Trinajstić information content (AvgIpc) is 4.07. The van der Waals surface area contributed by atoms with Gasteiger partial charge in [0.1, 0.15) is 11.5 Å². The van der Waals surface area contributed by atoms with Gasteiger partial charge in [-0.3, -0.25) is 0 Å². The van der Waals surface area contributed by atoms with E-state index in [0.29, 0.717) is 11.3 Å². The van der Waals surface area contributed by atoms with Crippen molar-refractivity contribution in [1.29, 1.82) is 0 Å². The molecule has 2 aliphatic heterocycles. The molecule has 0 aliphatic carbocycles. The molecule has 2 aliphatic rings. The van der Waals surface area contributed by atoms with Crippen molar-refractivity contribution in [1.82, 2.24) is 19.9 Å². The summed E-state index contributed by atoms with van der Waals surface area (Å²) in [6, 6.07) is 49.2. The number of H-pyrrole nitrogens is 2. The van der Waals surface area contributed by atoms with E-state index in [9.17, 15) is 5.11 Å². The summed E-state index contributed by atoms with van der Waals surface area (Å²) in [5, 5.41) is 13.3. The summed E-state index contributed by atoms with van der Waals surface area (Å²) < 4.78 is 5.61. The topological polar surface area (TPSA) is 86.8 Å². The molecule has 3 aromatic heterocycles. The van der Waals surface area contributed by atoms with Gasteiger partial charge in [-0.1, -0.05) is 97.1 Å². The second-order valence-corrected chi connectivity index (χ2v) is 13.7. The number of aromatic hydroxyl groups is 1. The predicted molar refractivity (Wildman–Crippen MR) is 226 cm³/mol. The van der Waals surface area contributed by atoms with E-state index in [1.54, 1.807) is 19.2 Å². The van der Waals surface area contributed by atoms with E-state index in [1.807, 2.05) is 24.3 Å². The summed E-state index contributed by atoms with van der Waals surface area (Å²) in [7, 11) is 1.64. The summed E-state index contributed by atoms with van der Waals surface area (Å²) in [6.45, 7) is 0. The third-order valence-corrected chi connectivity index (χ3v) is 10.4. The molecule has 0 saturated carbocycles. The van der Waals surface area contributed by atoms with Crippen molar-refractivity contribution in [2.75, 3.05) is 7.11 Å². The van der Waals surface area contributed by atoms with Crippen LogP contribution in [0.15, 0.2) is 146 Å². The number of fused-ring (bicyclic) bond motifs is 9. The van der Waals surface area contributed by atoms with Crippen LogP contribution in [-0.4, -0.2) is 32.2 Å². The van der Waals surface area contributed by atoms with Crippen molar-refractivity contribution in [3.8, 4) is 56.0 Å². The number of aromatic amines is 2. The summed E-state index contributed by atoms with van der Waals surface area (Å²) in [4.78, 5) is 18.1. The van der Waals surface area contributed by atoms with Crippen LogP contribution >= 0.6 is 0 Å². The molecule has 6 nitrogen and oxygen atoms in total. The molecule has 0 spiro atoms. The third kappa shape index (κ3) is 5.68. The van der Waals surface area contributed by atoms with Gasteiger partial charge in [0.25, 0.3) is 0 Å². The standard InChI is InChI=1S/C49H34N4O2/c1-55-35-20-27-45(54)38(29-35)36-16-8-14-30-15-9-17-37(46(30)36)49-43-25-23-41(52-43)47(31-10-4-2-5-11-31)39-21-18-33(50-39)28-34-19-22-40(51-34)48(32-12-6-3-7-13-32)42-24-26-44(49)53-42/h2-29,50,53-54H,1H3. The van der Waals surface area contributed by atoms with Crippen molar-refractivity contribution in [3.05, 3.63) is 168 Å². The van der Waals surface area contributed by atoms with Gasteiger partial charge in [0.2, 0.25) is 0 Å². The minimum atomic E-state index is 0.176. The summed E-state index contributed by atoms with van der Waals surface area (Å²) in [6.07, 6.45) is 8.37. The fraction of sp³-hybridized carbons (Fsp3) is 0.0204. The SMILES string of the molecule is COc1ccc(O)c(-c2cccc3cccc(-c4c5nc(c(-c6ccccc6)c6ccc(cc7nc(c(-c8ccccc8)c8ccc4[nH]8)C=C7)[nH]6)C=C5)c23)c1. The Kier molecular flexibility index (Phi) is 7.74. The predicted octanol–water partition coefficient (Wildman–Crippen LogP) is 12.2. The normalized spacial score (nSPS) is 12.0. The zero-order chi connectivity index (χ0) is 36.9. The summed E-state index contributed by atoms with van der Waals surface area (Å²) in [5.74, 6) is 0.841. The molecule has 0 saturated heterocycles. The molecule has 8 aromatic rings. The molecule has 0 atom stereocenters. The zero-order valence-corrected chi connectivity index (χ0v) is 29.9. The van der Waals surface area contributed by atoms with Gasteiger partial charge in [0, 0.05) is 44.3 Å². The van der Waals surface area contributed by atoms with Gasteiger partial charge in [-0.25, -0.2) is 9.97 Å². The highest BCUT2D eigenvalue weighted by Crippen LogP contribution is 2.44. The zero-order valence-electron chi connectivity index (χ0n) is 29.9. The maximum atomic E-state index is 11.3. The number of methoxy groups -OCH3 is 1. The van der Waals surface area contributed by atoms with Crippen molar-refractivity contribution in [3.63, 3.8) is 0 Å². The molecule has 262 valence electrons. The van der Waals surface area contributed by atoms with E-state index in [4.69, 9.17) is 14.7 Å². The monoisotopic (exact) mass is 710 g/mol. The van der Waals surface area contributed by atoms with Crippen LogP contribution in [0.3, 0.4) is 0 Å². The number of hydrogen-bond acceptors (Lipinski definition) is 4. The number of nitrogens with zero attached hydrogens (tertiary/aromatic N) is 2. The van der Waals surface area contributed by atoms with Gasteiger partial charge in [0.05, 0.1) is 29.9 Å². The average molecular weight is 711 g/mol. The molecule has 10 rings (SSSR count). The van der Waals surface area contributed by atoms with Crippen LogP contribution in [0.2, 0.25) is 0 Å². The number of phenols is 1. The van der Waals surface area contributed by atoms with Gasteiger partial charge in [-0.15, -0.1) is 0 Å². The maximum absolute atomic E-state index is 11.3. The highest BCUT2D eigenvalue weighted by molar-refractivity contribution is 6.11. The first-order valence-corrected chi connectivity index (χ1v) is 18.2. The Labute approximate surface area is 317 Å². The molecule has 0 radical (unpaired) electrons. The molecule has 3 N–H and O–H groups in total. The molecule has 8 bridgehead atoms. The van der Waals surface area contributed by atoms with Gasteiger partial charge in [-0.2, -0.15) is 0 Å². The second kappa shape index (κ2) is 13.2. The molecule has 0 fully saturated rings. The largest absolute Gasteiger partial charge is 0.507 e. The molecular formula is C49H34N4O2. The number of rotatable bonds is 5. The lowest BCUT2D eigenvalue weighted by molar-refractivity contribution is 0.412. The highest BCUT2D eigenvalue weighted by atomic mass is 16.5. The second-order valence-electron chi connectivity index (χ2n) is 13.7. The van der Waals surface area contributed by atoms with Crippen molar-refractivity contribution >= 4 is 57.1 Å². The Hall–Kier alpha value is -7.44. The number of nitrogens with one attached hydrogen (secondary N) is 2.